The van der Waals surface area contributed by atoms with Gasteiger partial charge in [-0.05, 0) is 32.0 Å². The number of amides is 1. The fraction of sp³-hybridized carbons (Fsp3) is 0.263. The van der Waals surface area contributed by atoms with Gasteiger partial charge in [-0.15, -0.1) is 11.3 Å². The number of thiazole rings is 1. The molecule has 0 fully saturated rings. The predicted molar refractivity (Wildman–Crippen MR) is 102 cm³/mol. The summed E-state index contributed by atoms with van der Waals surface area (Å²) in [5.41, 5.74) is 2.59. The Morgan fingerprint density at radius 2 is 2.07 bits per heavy atom. The van der Waals surface area contributed by atoms with Crippen molar-refractivity contribution in [1.82, 2.24) is 10.1 Å². The monoisotopic (exact) mass is 401 g/mol. The number of aryl methyl sites for hydroxylation is 2. The van der Waals surface area contributed by atoms with E-state index >= 15 is 0 Å². The molecule has 2 heterocycles. The Bertz CT molecular complexity index is 976. The fourth-order valence-electron chi connectivity index (χ4n) is 2.38. The van der Waals surface area contributed by atoms with Crippen molar-refractivity contribution in [2.24, 2.45) is 0 Å². The van der Waals surface area contributed by atoms with Crippen LogP contribution in [0.15, 0.2) is 34.2 Å². The third kappa shape index (κ3) is 4.95. The van der Waals surface area contributed by atoms with Crippen LogP contribution in [-0.4, -0.2) is 22.0 Å². The summed E-state index contributed by atoms with van der Waals surface area (Å²) in [6, 6.07) is 6.74. The van der Waals surface area contributed by atoms with Crippen molar-refractivity contribution in [2.75, 3.05) is 5.32 Å². The molecule has 0 aliphatic carbocycles. The van der Waals surface area contributed by atoms with Gasteiger partial charge in [-0.1, -0.05) is 11.2 Å². The second kappa shape index (κ2) is 8.66. The van der Waals surface area contributed by atoms with Crippen molar-refractivity contribution < 1.29 is 23.6 Å². The summed E-state index contributed by atoms with van der Waals surface area (Å²) >= 11 is 1.27. The average molecular weight is 401 g/mol. The van der Waals surface area contributed by atoms with Crippen molar-refractivity contribution in [2.45, 2.75) is 34.0 Å². The zero-order chi connectivity index (χ0) is 20.1. The van der Waals surface area contributed by atoms with Crippen molar-refractivity contribution in [3.05, 3.63) is 57.9 Å². The molecule has 2 aromatic heterocycles. The molecule has 3 rings (SSSR count). The van der Waals surface area contributed by atoms with Gasteiger partial charge in [0.1, 0.15) is 24.7 Å². The summed E-state index contributed by atoms with van der Waals surface area (Å²) in [6.45, 7) is 5.38. The van der Waals surface area contributed by atoms with E-state index in [0.29, 0.717) is 34.5 Å². The highest BCUT2D eigenvalue weighted by atomic mass is 32.1. The molecule has 146 valence electrons. The number of anilines is 1. The maximum absolute atomic E-state index is 12.3. The van der Waals surface area contributed by atoms with Crippen LogP contribution in [0.2, 0.25) is 0 Å². The minimum absolute atomic E-state index is 0.0130. The van der Waals surface area contributed by atoms with Gasteiger partial charge in [0.15, 0.2) is 5.13 Å². The van der Waals surface area contributed by atoms with Crippen LogP contribution in [0, 0.1) is 13.8 Å². The summed E-state index contributed by atoms with van der Waals surface area (Å²) in [5.74, 6) is 0.550. The highest BCUT2D eigenvalue weighted by Crippen LogP contribution is 2.20. The molecule has 1 amide bonds. The van der Waals surface area contributed by atoms with Gasteiger partial charge in [0.2, 0.25) is 5.91 Å². The Hall–Kier alpha value is -3.20. The molecule has 28 heavy (non-hydrogen) atoms. The molecule has 3 aromatic rings. The fourth-order valence-corrected chi connectivity index (χ4v) is 3.12. The predicted octanol–water partition coefficient (Wildman–Crippen LogP) is 3.64. The molecule has 1 N–H and O–H groups in total. The lowest BCUT2D eigenvalue weighted by molar-refractivity contribution is -0.114. The number of hydrogen-bond donors (Lipinski definition) is 1. The standard InChI is InChI=1S/C19H19N3O5S/c1-11-17(12(2)27-22-11)9-25-16-6-4-5-14(7-16)18(24)26-8-15-10-28-19(21-15)20-13(3)23/h4-7,10H,8-9H2,1-3H3,(H,20,21,23). The molecule has 0 radical (unpaired) electrons. The first-order chi connectivity index (χ1) is 13.4. The van der Waals surface area contributed by atoms with Gasteiger partial charge in [-0.3, -0.25) is 4.79 Å². The first kappa shape index (κ1) is 19.6. The van der Waals surface area contributed by atoms with Crippen LogP contribution >= 0.6 is 11.3 Å². The van der Waals surface area contributed by atoms with E-state index in [0.717, 1.165) is 11.3 Å². The van der Waals surface area contributed by atoms with E-state index in [-0.39, 0.29) is 12.5 Å². The molecule has 9 heteroatoms. The summed E-state index contributed by atoms with van der Waals surface area (Å²) in [4.78, 5) is 27.5. The van der Waals surface area contributed by atoms with Crippen molar-refractivity contribution in [1.29, 1.82) is 0 Å². The van der Waals surface area contributed by atoms with Crippen molar-refractivity contribution in [3.8, 4) is 5.75 Å². The van der Waals surface area contributed by atoms with E-state index in [2.05, 4.69) is 15.5 Å². The van der Waals surface area contributed by atoms with E-state index < -0.39 is 5.97 Å². The maximum Gasteiger partial charge on any atom is 0.338 e. The molecular weight excluding hydrogens is 382 g/mol. The third-order valence-electron chi connectivity index (χ3n) is 3.82. The highest BCUT2D eigenvalue weighted by molar-refractivity contribution is 7.13. The number of rotatable bonds is 7. The number of esters is 1. The van der Waals surface area contributed by atoms with Gasteiger partial charge in [-0.2, -0.15) is 0 Å². The molecule has 0 aliphatic heterocycles. The van der Waals surface area contributed by atoms with Crippen LogP contribution in [0.4, 0.5) is 5.13 Å². The first-order valence-corrected chi connectivity index (χ1v) is 9.34. The molecule has 0 spiro atoms. The van der Waals surface area contributed by atoms with E-state index in [1.807, 2.05) is 13.8 Å². The first-order valence-electron chi connectivity index (χ1n) is 8.46. The molecule has 0 bridgehead atoms. The zero-order valence-electron chi connectivity index (χ0n) is 15.6. The molecule has 0 aliphatic rings. The zero-order valence-corrected chi connectivity index (χ0v) is 16.5. The molecule has 8 nitrogen and oxygen atoms in total. The number of carbonyl (C=O) groups is 2. The SMILES string of the molecule is CC(=O)Nc1nc(COC(=O)c2cccc(OCc3c(C)noc3C)c2)cs1. The number of benzene rings is 1. The van der Waals surface area contributed by atoms with Crippen LogP contribution in [0.5, 0.6) is 5.75 Å². The van der Waals surface area contributed by atoms with Crippen molar-refractivity contribution >= 4 is 28.3 Å². The number of carbonyl (C=O) groups excluding carboxylic acids is 2. The number of nitrogens with one attached hydrogen (secondary N) is 1. The number of ether oxygens (including phenoxy) is 2. The third-order valence-corrected chi connectivity index (χ3v) is 4.63. The van der Waals surface area contributed by atoms with E-state index in [4.69, 9.17) is 14.0 Å². The van der Waals surface area contributed by atoms with Crippen LogP contribution in [0.3, 0.4) is 0 Å². The number of hydrogen-bond acceptors (Lipinski definition) is 8. The minimum Gasteiger partial charge on any atom is -0.489 e. The van der Waals surface area contributed by atoms with E-state index in [9.17, 15) is 9.59 Å². The lowest BCUT2D eigenvalue weighted by Gasteiger charge is -2.08. The van der Waals surface area contributed by atoms with Gasteiger partial charge in [0.25, 0.3) is 0 Å². The van der Waals surface area contributed by atoms with Gasteiger partial charge in [-0.25, -0.2) is 9.78 Å². The molecule has 0 atom stereocenters. The van der Waals surface area contributed by atoms with Gasteiger partial charge >= 0.3 is 5.97 Å². The smallest absolute Gasteiger partial charge is 0.338 e. The van der Waals surface area contributed by atoms with E-state index in [1.54, 1.807) is 29.6 Å². The van der Waals surface area contributed by atoms with Gasteiger partial charge in [0.05, 0.1) is 22.5 Å². The normalized spacial score (nSPS) is 10.5. The van der Waals surface area contributed by atoms with Crippen LogP contribution < -0.4 is 10.1 Å². The van der Waals surface area contributed by atoms with Gasteiger partial charge < -0.3 is 19.3 Å². The largest absolute Gasteiger partial charge is 0.489 e. The topological polar surface area (TPSA) is 104 Å². The second-order valence-electron chi connectivity index (χ2n) is 6.02. The lowest BCUT2D eigenvalue weighted by Crippen LogP contribution is -2.07. The molecular formula is C19H19N3O5S. The number of nitrogens with zero attached hydrogens (tertiary/aromatic N) is 2. The Morgan fingerprint density at radius 3 is 2.79 bits per heavy atom. The second-order valence-corrected chi connectivity index (χ2v) is 6.88. The Morgan fingerprint density at radius 1 is 1.25 bits per heavy atom. The maximum atomic E-state index is 12.3. The Balaban J connectivity index is 1.57. The minimum atomic E-state index is -0.489. The molecule has 0 unspecified atom stereocenters. The van der Waals surface area contributed by atoms with Crippen LogP contribution in [0.25, 0.3) is 0 Å². The molecule has 1 aromatic carbocycles. The quantitative estimate of drug-likeness (QED) is 0.603. The lowest BCUT2D eigenvalue weighted by atomic mass is 10.2. The summed E-state index contributed by atoms with van der Waals surface area (Å²) in [6.07, 6.45) is 0. The van der Waals surface area contributed by atoms with Crippen LogP contribution in [0.1, 0.15) is 40.0 Å². The molecule has 0 saturated heterocycles. The summed E-state index contributed by atoms with van der Waals surface area (Å²) in [5, 5.41) is 8.66. The Labute approximate surface area is 165 Å². The highest BCUT2D eigenvalue weighted by Gasteiger charge is 2.13. The average Bonchev–Trinajstić information content (AvgIpc) is 3.24. The summed E-state index contributed by atoms with van der Waals surface area (Å²) in [7, 11) is 0. The van der Waals surface area contributed by atoms with Crippen LogP contribution in [-0.2, 0) is 22.7 Å². The number of aromatic nitrogens is 2. The summed E-state index contributed by atoms with van der Waals surface area (Å²) < 4.78 is 16.1. The Kier molecular flexibility index (Phi) is 6.05. The molecule has 0 saturated carbocycles. The van der Waals surface area contributed by atoms with Crippen molar-refractivity contribution in [3.63, 3.8) is 0 Å². The van der Waals surface area contributed by atoms with Gasteiger partial charge in [0, 0.05) is 12.3 Å². The van der Waals surface area contributed by atoms with E-state index in [1.165, 1.54) is 18.3 Å².